The van der Waals surface area contributed by atoms with Crippen LogP contribution in [0.2, 0.25) is 0 Å². The first-order valence-electron chi connectivity index (χ1n) is 10.4. The molecule has 0 radical (unpaired) electrons. The number of rotatable bonds is 6. The molecule has 1 atom stereocenters. The Hall–Kier alpha value is -1.86. The van der Waals surface area contributed by atoms with Crippen molar-refractivity contribution in [2.75, 3.05) is 19.6 Å². The van der Waals surface area contributed by atoms with Gasteiger partial charge in [-0.1, -0.05) is 13.0 Å². The topological polar surface area (TPSA) is 75.7 Å². The molecule has 2 heterocycles. The summed E-state index contributed by atoms with van der Waals surface area (Å²) in [6.07, 6.45) is 6.67. The van der Waals surface area contributed by atoms with Gasteiger partial charge in [0.2, 0.25) is 5.05 Å². The van der Waals surface area contributed by atoms with Crippen molar-refractivity contribution in [2.24, 2.45) is 5.92 Å². The molecule has 6 nitrogen and oxygen atoms in total. The maximum absolute atomic E-state index is 13.0. The molecular weight excluding hydrogens is 376 g/mol. The molecule has 2 fully saturated rings. The fraction of sp³-hybridized carbons (Fsp3) is 0.619. The van der Waals surface area contributed by atoms with E-state index in [1.165, 1.54) is 12.8 Å². The minimum Gasteiger partial charge on any atom is -0.444 e. The van der Waals surface area contributed by atoms with E-state index in [-0.39, 0.29) is 11.0 Å². The number of benzene rings is 1. The number of nitrogens with zero attached hydrogens (tertiary/aromatic N) is 1. The van der Waals surface area contributed by atoms with Crippen molar-refractivity contribution in [1.82, 2.24) is 10.2 Å². The first-order valence-corrected chi connectivity index (χ1v) is 11.4. The largest absolute Gasteiger partial charge is 0.444 e. The van der Waals surface area contributed by atoms with Crippen LogP contribution in [-0.4, -0.2) is 50.0 Å². The lowest BCUT2D eigenvalue weighted by Gasteiger charge is -2.24. The molecule has 1 aliphatic carbocycles. The van der Waals surface area contributed by atoms with Crippen molar-refractivity contribution >= 4 is 21.3 Å². The third-order valence-electron chi connectivity index (χ3n) is 6.10. The number of likely N-dealkylation sites (tertiary alicyclic amines) is 1. The molecule has 7 heteroatoms. The molecular formula is C21H28N2O4S. The van der Waals surface area contributed by atoms with E-state index >= 15 is 0 Å². The van der Waals surface area contributed by atoms with Gasteiger partial charge in [0.05, 0.1) is 5.56 Å². The number of nitrogens with one attached hydrogen (secondary N) is 1. The molecule has 2 aliphatic heterocycles. The highest BCUT2D eigenvalue weighted by atomic mass is 32.2. The van der Waals surface area contributed by atoms with Crippen LogP contribution in [0.5, 0.6) is 5.75 Å². The maximum Gasteiger partial charge on any atom is 0.255 e. The monoisotopic (exact) mass is 404 g/mol. The van der Waals surface area contributed by atoms with E-state index in [2.05, 4.69) is 23.2 Å². The normalized spacial score (nSPS) is 21.9. The van der Waals surface area contributed by atoms with Gasteiger partial charge in [-0.25, -0.2) is 0 Å². The van der Waals surface area contributed by atoms with Crippen molar-refractivity contribution in [1.29, 1.82) is 0 Å². The van der Waals surface area contributed by atoms with Gasteiger partial charge in [-0.15, -0.1) is 0 Å². The highest BCUT2D eigenvalue weighted by Crippen LogP contribution is 2.36. The van der Waals surface area contributed by atoms with Crippen LogP contribution in [0, 0.1) is 5.92 Å². The number of likely N-dealkylation sites (N-methyl/N-ethyl adjacent to an activating group) is 1. The van der Waals surface area contributed by atoms with Gasteiger partial charge in [-0.3, -0.25) is 9.69 Å². The molecule has 152 valence electrons. The van der Waals surface area contributed by atoms with Gasteiger partial charge in [0.15, 0.2) is 0 Å². The molecule has 1 unspecified atom stereocenters. The van der Waals surface area contributed by atoms with Crippen LogP contribution in [0.25, 0.3) is 0 Å². The van der Waals surface area contributed by atoms with Gasteiger partial charge < -0.3 is 10.1 Å². The highest BCUT2D eigenvalue weighted by Gasteiger charge is 2.28. The molecule has 1 aromatic rings. The second-order valence-corrected chi connectivity index (χ2v) is 9.05. The number of carbonyl (C=O) groups is 1. The van der Waals surface area contributed by atoms with E-state index in [9.17, 15) is 13.2 Å². The lowest BCUT2D eigenvalue weighted by atomic mass is 9.96. The summed E-state index contributed by atoms with van der Waals surface area (Å²) in [7, 11) is -2.39. The average molecular weight is 405 g/mol. The zero-order valence-electron chi connectivity index (χ0n) is 16.4. The Bertz CT molecular complexity index is 897. The van der Waals surface area contributed by atoms with Crippen molar-refractivity contribution in [3.63, 3.8) is 0 Å². The van der Waals surface area contributed by atoms with Gasteiger partial charge in [0.1, 0.15) is 5.75 Å². The predicted octanol–water partition coefficient (Wildman–Crippen LogP) is 2.19. The minimum atomic E-state index is -2.39. The van der Waals surface area contributed by atoms with E-state index in [1.54, 1.807) is 0 Å². The first-order chi connectivity index (χ1) is 13.5. The van der Waals surface area contributed by atoms with Gasteiger partial charge >= 0.3 is 0 Å². The lowest BCUT2D eigenvalue weighted by molar-refractivity contribution is 0.0939. The van der Waals surface area contributed by atoms with E-state index < -0.39 is 10.3 Å². The smallest absolute Gasteiger partial charge is 0.255 e. The molecule has 28 heavy (non-hydrogen) atoms. The zero-order chi connectivity index (χ0) is 19.7. The second-order valence-electron chi connectivity index (χ2n) is 8.12. The van der Waals surface area contributed by atoms with Gasteiger partial charge in [-0.05, 0) is 74.7 Å². The van der Waals surface area contributed by atoms with Crippen LogP contribution >= 0.6 is 0 Å². The Morgan fingerprint density at radius 2 is 2.07 bits per heavy atom. The fourth-order valence-electron chi connectivity index (χ4n) is 4.37. The molecule has 1 saturated heterocycles. The molecule has 4 rings (SSSR count). The van der Waals surface area contributed by atoms with Crippen LogP contribution < -0.4 is 10.1 Å². The number of hydrogen-bond donors (Lipinski definition) is 1. The molecule has 1 N–H and O–H groups in total. The Labute approximate surface area is 167 Å². The summed E-state index contributed by atoms with van der Waals surface area (Å²) >= 11 is 0. The van der Waals surface area contributed by atoms with Gasteiger partial charge in [0.25, 0.3) is 16.2 Å². The van der Waals surface area contributed by atoms with Crippen LogP contribution in [0.15, 0.2) is 12.1 Å². The summed E-state index contributed by atoms with van der Waals surface area (Å²) in [6, 6.07) is 4.36. The predicted molar refractivity (Wildman–Crippen MR) is 108 cm³/mol. The third-order valence-corrected chi connectivity index (χ3v) is 6.75. The number of amides is 1. The summed E-state index contributed by atoms with van der Waals surface area (Å²) in [5.74, 6) is 0.961. The summed E-state index contributed by atoms with van der Waals surface area (Å²) in [4.78, 5) is 15.4. The van der Waals surface area contributed by atoms with E-state index in [0.29, 0.717) is 42.7 Å². The van der Waals surface area contributed by atoms with Crippen LogP contribution in [0.1, 0.15) is 60.5 Å². The SMILES string of the molecule is CCN1CCCC1CNC(=O)c1cc(CC2CC2)cc2c1OC(=S(=O)=O)CC2. The van der Waals surface area contributed by atoms with Crippen LogP contribution in [0.4, 0.5) is 0 Å². The number of aryl methyl sites for hydroxylation is 1. The molecule has 0 bridgehead atoms. The molecule has 0 aromatic heterocycles. The Morgan fingerprint density at radius 1 is 1.25 bits per heavy atom. The Morgan fingerprint density at radius 3 is 2.79 bits per heavy atom. The van der Waals surface area contributed by atoms with E-state index in [1.807, 2.05) is 6.07 Å². The van der Waals surface area contributed by atoms with Gasteiger partial charge in [-0.2, -0.15) is 8.42 Å². The standard InChI is InChI=1S/C21H28N2O4S/c1-2-23-9-3-4-17(23)13-22-21(24)18-12-15(10-14-5-6-14)11-16-7-8-19(28(25)26)27-20(16)18/h11-12,14,17H,2-10,13H2,1H3,(H,22,24). The summed E-state index contributed by atoms with van der Waals surface area (Å²) in [5.41, 5.74) is 2.56. The second kappa shape index (κ2) is 8.25. The minimum absolute atomic E-state index is 0.0180. The maximum atomic E-state index is 13.0. The van der Waals surface area contributed by atoms with Gasteiger partial charge in [0, 0.05) is 19.0 Å². The van der Waals surface area contributed by atoms with E-state index in [0.717, 1.165) is 43.5 Å². The van der Waals surface area contributed by atoms with Crippen molar-refractivity contribution in [3.8, 4) is 5.75 Å². The summed E-state index contributed by atoms with van der Waals surface area (Å²) in [6.45, 7) is 4.83. The summed E-state index contributed by atoms with van der Waals surface area (Å²) < 4.78 is 28.4. The number of hydrogen-bond acceptors (Lipinski definition) is 5. The molecule has 0 spiro atoms. The number of fused-ring (bicyclic) bond motifs is 1. The third kappa shape index (κ3) is 4.25. The fourth-order valence-corrected chi connectivity index (χ4v) is 4.79. The first kappa shape index (κ1) is 19.5. The van der Waals surface area contributed by atoms with Crippen LogP contribution in [0.3, 0.4) is 0 Å². The number of ether oxygens (including phenoxy) is 1. The van der Waals surface area contributed by atoms with E-state index in [4.69, 9.17) is 4.74 Å². The lowest BCUT2D eigenvalue weighted by Crippen LogP contribution is -2.40. The van der Waals surface area contributed by atoms with Crippen LogP contribution in [-0.2, 0) is 23.1 Å². The quantitative estimate of drug-likeness (QED) is 0.736. The Kier molecular flexibility index (Phi) is 5.73. The molecule has 1 saturated carbocycles. The molecule has 1 amide bonds. The molecule has 1 aromatic carbocycles. The van der Waals surface area contributed by atoms with Crippen molar-refractivity contribution in [2.45, 2.75) is 57.9 Å². The van der Waals surface area contributed by atoms with Crippen molar-refractivity contribution < 1.29 is 17.9 Å². The molecule has 3 aliphatic rings. The zero-order valence-corrected chi connectivity index (χ0v) is 17.2. The van der Waals surface area contributed by atoms with Crippen molar-refractivity contribution in [3.05, 3.63) is 28.8 Å². The highest BCUT2D eigenvalue weighted by molar-refractivity contribution is 7.72. The average Bonchev–Trinajstić information content (AvgIpc) is 3.38. The summed E-state index contributed by atoms with van der Waals surface area (Å²) in [5, 5.41) is 3.09. The number of carbonyl (C=O) groups excluding carboxylic acids is 1. The Balaban J connectivity index is 1.58.